The second-order valence-electron chi connectivity index (χ2n) is 7.95. The molecule has 176 valence electrons. The average Bonchev–Trinajstić information content (AvgIpc) is 3.10. The third kappa shape index (κ3) is 5.85. The lowest BCUT2D eigenvalue weighted by molar-refractivity contribution is -0.164. The standard InChI is InChI=1S/C24H26F2N2O5/c1-2-7-15(12-21(29)27-14-24(25,26)22(30)31)28-23(32)33-13-20-18-10-5-3-8-16(18)17-9-4-6-11-19(17)20/h3-6,8-11,15,20H,2,7,12-14H2,1H3,(H,27,29)(H,28,32)(H,30,31)/t15-/m0/s1. The molecule has 1 aliphatic rings. The molecule has 3 N–H and O–H groups in total. The zero-order valence-electron chi connectivity index (χ0n) is 18.1. The lowest BCUT2D eigenvalue weighted by Gasteiger charge is -2.20. The van der Waals surface area contributed by atoms with Crippen LogP contribution in [0, 0.1) is 0 Å². The van der Waals surface area contributed by atoms with Gasteiger partial charge < -0.3 is 20.5 Å². The lowest BCUT2D eigenvalue weighted by atomic mass is 9.98. The molecule has 1 aliphatic carbocycles. The van der Waals surface area contributed by atoms with Crippen LogP contribution in [0.5, 0.6) is 0 Å². The lowest BCUT2D eigenvalue weighted by Crippen LogP contribution is -2.45. The maximum absolute atomic E-state index is 13.2. The zero-order valence-corrected chi connectivity index (χ0v) is 18.1. The van der Waals surface area contributed by atoms with Crippen LogP contribution >= 0.6 is 0 Å². The Morgan fingerprint density at radius 3 is 2.18 bits per heavy atom. The summed E-state index contributed by atoms with van der Waals surface area (Å²) < 4.78 is 31.8. The molecule has 1 atom stereocenters. The van der Waals surface area contributed by atoms with E-state index in [-0.39, 0.29) is 18.9 Å². The molecular weight excluding hydrogens is 434 g/mol. The molecule has 0 aromatic heterocycles. The fourth-order valence-corrected chi connectivity index (χ4v) is 3.96. The van der Waals surface area contributed by atoms with E-state index in [0.717, 1.165) is 22.3 Å². The highest BCUT2D eigenvalue weighted by Crippen LogP contribution is 2.44. The molecule has 9 heteroatoms. The predicted molar refractivity (Wildman–Crippen MR) is 117 cm³/mol. The van der Waals surface area contributed by atoms with Crippen molar-refractivity contribution in [2.24, 2.45) is 0 Å². The second-order valence-corrected chi connectivity index (χ2v) is 7.95. The minimum Gasteiger partial charge on any atom is -0.477 e. The largest absolute Gasteiger partial charge is 0.477 e. The topological polar surface area (TPSA) is 105 Å². The molecule has 0 radical (unpaired) electrons. The Bertz CT molecular complexity index is 982. The van der Waals surface area contributed by atoms with Gasteiger partial charge in [0.05, 0.1) is 6.54 Å². The van der Waals surface area contributed by atoms with Gasteiger partial charge in [-0.05, 0) is 28.7 Å². The molecule has 0 bridgehead atoms. The molecule has 0 saturated carbocycles. The van der Waals surface area contributed by atoms with E-state index in [1.165, 1.54) is 0 Å². The van der Waals surface area contributed by atoms with E-state index in [1.807, 2.05) is 60.8 Å². The summed E-state index contributed by atoms with van der Waals surface area (Å²) in [5.74, 6) is -7.27. The van der Waals surface area contributed by atoms with E-state index in [9.17, 15) is 23.2 Å². The summed E-state index contributed by atoms with van der Waals surface area (Å²) in [6.45, 7) is 0.642. The molecule has 0 fully saturated rings. The van der Waals surface area contributed by atoms with Gasteiger partial charge in [0.25, 0.3) is 0 Å². The van der Waals surface area contributed by atoms with E-state index in [0.29, 0.717) is 12.8 Å². The van der Waals surface area contributed by atoms with Crippen molar-refractivity contribution in [2.45, 2.75) is 44.1 Å². The molecule has 33 heavy (non-hydrogen) atoms. The molecule has 0 saturated heterocycles. The third-order valence-electron chi connectivity index (χ3n) is 5.56. The van der Waals surface area contributed by atoms with E-state index >= 15 is 0 Å². The van der Waals surface area contributed by atoms with Crippen LogP contribution in [0.1, 0.15) is 43.2 Å². The van der Waals surface area contributed by atoms with Gasteiger partial charge in [-0.3, -0.25) is 4.79 Å². The number of alkyl halides is 2. The minimum absolute atomic E-state index is 0.107. The van der Waals surface area contributed by atoms with Crippen LogP contribution in [0.3, 0.4) is 0 Å². The Labute approximate surface area is 190 Å². The van der Waals surface area contributed by atoms with Crippen molar-refractivity contribution in [1.82, 2.24) is 10.6 Å². The fraction of sp³-hybridized carbons (Fsp3) is 0.375. The van der Waals surface area contributed by atoms with Gasteiger partial charge in [-0.25, -0.2) is 9.59 Å². The fourth-order valence-electron chi connectivity index (χ4n) is 3.96. The summed E-state index contributed by atoms with van der Waals surface area (Å²) in [5, 5.41) is 13.0. The number of carbonyl (C=O) groups is 3. The van der Waals surface area contributed by atoms with E-state index in [4.69, 9.17) is 9.84 Å². The highest BCUT2D eigenvalue weighted by Gasteiger charge is 2.39. The molecule has 2 aromatic rings. The molecule has 0 heterocycles. The summed E-state index contributed by atoms with van der Waals surface area (Å²) in [7, 11) is 0. The Morgan fingerprint density at radius 1 is 1.06 bits per heavy atom. The number of ether oxygens (including phenoxy) is 1. The van der Waals surface area contributed by atoms with Crippen LogP contribution < -0.4 is 10.6 Å². The molecule has 0 spiro atoms. The number of alkyl carbamates (subject to hydrolysis) is 1. The number of nitrogens with one attached hydrogen (secondary N) is 2. The summed E-state index contributed by atoms with van der Waals surface area (Å²) in [6, 6.07) is 15.2. The van der Waals surface area contributed by atoms with Gasteiger partial charge in [-0.1, -0.05) is 61.9 Å². The number of hydrogen-bond donors (Lipinski definition) is 3. The highest BCUT2D eigenvalue weighted by molar-refractivity contribution is 5.81. The number of halogens is 2. The van der Waals surface area contributed by atoms with E-state index in [2.05, 4.69) is 5.32 Å². The van der Waals surface area contributed by atoms with Crippen molar-refractivity contribution in [2.75, 3.05) is 13.2 Å². The monoisotopic (exact) mass is 460 g/mol. The summed E-state index contributed by atoms with van der Waals surface area (Å²) >= 11 is 0. The van der Waals surface area contributed by atoms with Crippen molar-refractivity contribution in [3.63, 3.8) is 0 Å². The zero-order chi connectivity index (χ0) is 24.0. The minimum atomic E-state index is -4.06. The van der Waals surface area contributed by atoms with Crippen LogP contribution in [0.25, 0.3) is 11.1 Å². The SMILES string of the molecule is CCC[C@@H](CC(=O)NCC(F)(F)C(=O)O)NC(=O)OCC1c2ccccc2-c2ccccc21. The van der Waals surface area contributed by atoms with Gasteiger partial charge in [0, 0.05) is 18.4 Å². The molecule has 3 rings (SSSR count). The van der Waals surface area contributed by atoms with Gasteiger partial charge in [0.1, 0.15) is 6.61 Å². The summed E-state index contributed by atoms with van der Waals surface area (Å²) in [5.41, 5.74) is 4.33. The predicted octanol–water partition coefficient (Wildman–Crippen LogP) is 3.92. The first kappa shape index (κ1) is 24.2. The van der Waals surface area contributed by atoms with Crippen molar-refractivity contribution >= 4 is 18.0 Å². The number of rotatable bonds is 10. The number of carbonyl (C=O) groups excluding carboxylic acids is 2. The van der Waals surface area contributed by atoms with Crippen LogP contribution in [-0.2, 0) is 14.3 Å². The molecule has 2 amide bonds. The van der Waals surface area contributed by atoms with Crippen LogP contribution in [0.15, 0.2) is 48.5 Å². The smallest absolute Gasteiger partial charge is 0.407 e. The Hall–Kier alpha value is -3.49. The molecule has 0 unspecified atom stereocenters. The average molecular weight is 460 g/mol. The van der Waals surface area contributed by atoms with Gasteiger partial charge in [-0.15, -0.1) is 0 Å². The quantitative estimate of drug-likeness (QED) is 0.499. The maximum atomic E-state index is 13.2. The van der Waals surface area contributed by atoms with Crippen molar-refractivity contribution in [1.29, 1.82) is 0 Å². The van der Waals surface area contributed by atoms with Gasteiger partial charge in [0.15, 0.2) is 0 Å². The van der Waals surface area contributed by atoms with Gasteiger partial charge in [0.2, 0.25) is 5.91 Å². The van der Waals surface area contributed by atoms with Crippen LogP contribution in [0.2, 0.25) is 0 Å². The van der Waals surface area contributed by atoms with E-state index in [1.54, 1.807) is 0 Å². The van der Waals surface area contributed by atoms with Gasteiger partial charge >= 0.3 is 18.0 Å². The van der Waals surface area contributed by atoms with Crippen LogP contribution in [0.4, 0.5) is 13.6 Å². The Kier molecular flexibility index (Phi) is 7.63. The number of aliphatic carboxylic acids is 1. The van der Waals surface area contributed by atoms with Crippen molar-refractivity contribution < 1.29 is 33.0 Å². The highest BCUT2D eigenvalue weighted by atomic mass is 19.3. The van der Waals surface area contributed by atoms with Gasteiger partial charge in [-0.2, -0.15) is 8.78 Å². The molecule has 7 nitrogen and oxygen atoms in total. The first-order valence-electron chi connectivity index (χ1n) is 10.7. The number of benzene rings is 2. The van der Waals surface area contributed by atoms with Crippen molar-refractivity contribution in [3.8, 4) is 11.1 Å². The Balaban J connectivity index is 1.56. The normalized spacial score (nSPS) is 13.5. The maximum Gasteiger partial charge on any atom is 0.407 e. The van der Waals surface area contributed by atoms with E-state index < -0.39 is 36.5 Å². The molecular formula is C24H26F2N2O5. The second kappa shape index (κ2) is 10.4. The molecule has 2 aromatic carbocycles. The number of carboxylic acids is 1. The summed E-state index contributed by atoms with van der Waals surface area (Å²) in [4.78, 5) is 34.9. The first-order chi connectivity index (χ1) is 15.7. The first-order valence-corrected chi connectivity index (χ1v) is 10.7. The number of amides is 2. The van der Waals surface area contributed by atoms with Crippen molar-refractivity contribution in [3.05, 3.63) is 59.7 Å². The molecule has 0 aliphatic heterocycles. The third-order valence-corrected chi connectivity index (χ3v) is 5.56. The Morgan fingerprint density at radius 2 is 1.64 bits per heavy atom. The number of hydrogen-bond acceptors (Lipinski definition) is 4. The van der Waals surface area contributed by atoms with Crippen LogP contribution in [-0.4, -0.2) is 48.2 Å². The number of fused-ring (bicyclic) bond motifs is 3. The number of carboxylic acid groups (broad SMARTS) is 1. The summed E-state index contributed by atoms with van der Waals surface area (Å²) in [6.07, 6.45) is 0.0760.